The second-order valence-electron chi connectivity index (χ2n) is 9.54. The first-order valence-electron chi connectivity index (χ1n) is 12.2. The van der Waals surface area contributed by atoms with E-state index in [1.54, 1.807) is 31.6 Å². The van der Waals surface area contributed by atoms with Crippen LogP contribution in [0.5, 0.6) is 5.75 Å². The van der Waals surface area contributed by atoms with Gasteiger partial charge in [0.15, 0.2) is 0 Å². The predicted molar refractivity (Wildman–Crippen MR) is 143 cm³/mol. The van der Waals surface area contributed by atoms with Crippen molar-refractivity contribution < 1.29 is 19.4 Å². The van der Waals surface area contributed by atoms with Crippen LogP contribution in [-0.2, 0) is 16.1 Å². The number of nitrogens with zero attached hydrogens (tertiary/aromatic N) is 2. The zero-order chi connectivity index (χ0) is 26.1. The number of fused-ring (bicyclic) bond motifs is 1. The van der Waals surface area contributed by atoms with E-state index in [1.165, 1.54) is 4.90 Å². The number of amides is 1. The van der Waals surface area contributed by atoms with Gasteiger partial charge >= 0.3 is 0 Å². The molecular weight excluding hydrogens is 464 g/mol. The van der Waals surface area contributed by atoms with Gasteiger partial charge in [-0.2, -0.15) is 0 Å². The molecule has 4 aromatic rings. The SMILES string of the molecule is COc1ccc2cc(/C(O)=C3\C(=O)C(=O)N(Cc4cccnc4)C3c3ccc(C(C)C)cc3)ccc2c1. The second kappa shape index (κ2) is 9.90. The minimum atomic E-state index is -0.729. The number of aliphatic hydroxyl groups excluding tert-OH is 1. The maximum absolute atomic E-state index is 13.4. The van der Waals surface area contributed by atoms with Crippen molar-refractivity contribution in [1.29, 1.82) is 0 Å². The average Bonchev–Trinajstić information content (AvgIpc) is 3.17. The third kappa shape index (κ3) is 4.58. The lowest BCUT2D eigenvalue weighted by atomic mass is 9.92. The number of aliphatic hydroxyl groups is 1. The highest BCUT2D eigenvalue weighted by molar-refractivity contribution is 6.46. The van der Waals surface area contributed by atoms with Crippen molar-refractivity contribution in [3.8, 4) is 5.75 Å². The van der Waals surface area contributed by atoms with Gasteiger partial charge < -0.3 is 14.7 Å². The first kappa shape index (κ1) is 24.3. The number of carbonyl (C=O) groups excluding carboxylic acids is 2. The molecular formula is C31H28N2O4. The normalized spacial score (nSPS) is 17.1. The summed E-state index contributed by atoms with van der Waals surface area (Å²) >= 11 is 0. The number of benzene rings is 3. The molecule has 1 atom stereocenters. The fraction of sp³-hybridized carbons (Fsp3) is 0.194. The van der Waals surface area contributed by atoms with Crippen LogP contribution < -0.4 is 4.74 Å². The standard InChI is InChI=1S/C31H28N2O4/c1-19(2)21-6-8-22(9-7-21)28-27(30(35)31(36)33(28)18-20-5-4-14-32-17-20)29(34)25-11-10-24-16-26(37-3)13-12-23(24)15-25/h4-17,19,28,34H,18H2,1-3H3/b29-27+. The summed E-state index contributed by atoms with van der Waals surface area (Å²) in [4.78, 5) is 32.3. The van der Waals surface area contributed by atoms with Gasteiger partial charge in [0.25, 0.3) is 11.7 Å². The van der Waals surface area contributed by atoms with Gasteiger partial charge in [-0.1, -0.05) is 62.4 Å². The summed E-state index contributed by atoms with van der Waals surface area (Å²) in [6.45, 7) is 4.42. The van der Waals surface area contributed by atoms with Gasteiger partial charge in [-0.15, -0.1) is 0 Å². The number of rotatable bonds is 6. The van der Waals surface area contributed by atoms with Crippen molar-refractivity contribution in [2.45, 2.75) is 32.4 Å². The Morgan fingerprint density at radius 1 is 1.00 bits per heavy atom. The highest BCUT2D eigenvalue weighted by Crippen LogP contribution is 2.41. The average molecular weight is 493 g/mol. The van der Waals surface area contributed by atoms with E-state index in [9.17, 15) is 14.7 Å². The number of pyridine rings is 1. The molecule has 5 rings (SSSR count). The lowest BCUT2D eigenvalue weighted by Gasteiger charge is -2.25. The third-order valence-electron chi connectivity index (χ3n) is 6.86. The molecule has 37 heavy (non-hydrogen) atoms. The van der Waals surface area contributed by atoms with Gasteiger partial charge in [0.05, 0.1) is 18.7 Å². The highest BCUT2D eigenvalue weighted by atomic mass is 16.5. The summed E-state index contributed by atoms with van der Waals surface area (Å²) in [5.41, 5.74) is 3.27. The molecule has 0 saturated carbocycles. The molecule has 1 aromatic heterocycles. The monoisotopic (exact) mass is 492 g/mol. The lowest BCUT2D eigenvalue weighted by Crippen LogP contribution is -2.29. The summed E-state index contributed by atoms with van der Waals surface area (Å²) in [5, 5.41) is 13.3. The first-order valence-corrected chi connectivity index (χ1v) is 12.2. The van der Waals surface area contributed by atoms with Gasteiger partial charge in [0.2, 0.25) is 0 Å². The Labute approximate surface area is 215 Å². The first-order chi connectivity index (χ1) is 17.9. The molecule has 1 aliphatic rings. The summed E-state index contributed by atoms with van der Waals surface area (Å²) in [5.74, 6) is -0.465. The molecule has 1 N–H and O–H groups in total. The van der Waals surface area contributed by atoms with Crippen molar-refractivity contribution in [1.82, 2.24) is 9.88 Å². The van der Waals surface area contributed by atoms with E-state index >= 15 is 0 Å². The van der Waals surface area contributed by atoms with Crippen molar-refractivity contribution in [3.63, 3.8) is 0 Å². The number of likely N-dealkylation sites (tertiary alicyclic amines) is 1. The van der Waals surface area contributed by atoms with Crippen LogP contribution in [0.4, 0.5) is 0 Å². The fourth-order valence-electron chi connectivity index (χ4n) is 4.79. The summed E-state index contributed by atoms with van der Waals surface area (Å²) in [7, 11) is 1.61. The van der Waals surface area contributed by atoms with Gasteiger partial charge in [0.1, 0.15) is 11.5 Å². The van der Waals surface area contributed by atoms with Crippen molar-refractivity contribution >= 4 is 28.2 Å². The largest absolute Gasteiger partial charge is 0.507 e. The molecule has 0 radical (unpaired) electrons. The Morgan fingerprint density at radius 2 is 1.73 bits per heavy atom. The molecule has 1 fully saturated rings. The van der Waals surface area contributed by atoms with Crippen LogP contribution in [0.1, 0.15) is 48.1 Å². The van der Waals surface area contributed by atoms with Crippen molar-refractivity contribution in [2.75, 3.05) is 7.11 Å². The van der Waals surface area contributed by atoms with Crippen LogP contribution in [0.15, 0.2) is 90.8 Å². The molecule has 3 aromatic carbocycles. The molecule has 1 aliphatic heterocycles. The van der Waals surface area contributed by atoms with Crippen LogP contribution >= 0.6 is 0 Å². The number of hydrogen-bond acceptors (Lipinski definition) is 5. The summed E-state index contributed by atoms with van der Waals surface area (Å²) in [6, 6.07) is 21.9. The maximum Gasteiger partial charge on any atom is 0.295 e. The number of ether oxygens (including phenoxy) is 1. The van der Waals surface area contributed by atoms with E-state index in [1.807, 2.05) is 60.7 Å². The minimum absolute atomic E-state index is 0.0825. The molecule has 186 valence electrons. The zero-order valence-electron chi connectivity index (χ0n) is 21.0. The number of carbonyl (C=O) groups is 2. The molecule has 0 aliphatic carbocycles. The summed E-state index contributed by atoms with van der Waals surface area (Å²) in [6.07, 6.45) is 3.34. The Balaban J connectivity index is 1.64. The molecule has 6 nitrogen and oxygen atoms in total. The van der Waals surface area contributed by atoms with Crippen LogP contribution in [0.3, 0.4) is 0 Å². The Bertz CT molecular complexity index is 1510. The van der Waals surface area contributed by atoms with E-state index in [4.69, 9.17) is 4.74 Å². The van der Waals surface area contributed by atoms with Gasteiger partial charge in [-0.3, -0.25) is 14.6 Å². The van der Waals surface area contributed by atoms with Gasteiger partial charge in [0, 0.05) is 24.5 Å². The predicted octanol–water partition coefficient (Wildman–Crippen LogP) is 5.99. The van der Waals surface area contributed by atoms with Crippen LogP contribution in [-0.4, -0.2) is 33.8 Å². The molecule has 6 heteroatoms. The van der Waals surface area contributed by atoms with Crippen LogP contribution in [0.2, 0.25) is 0 Å². The van der Waals surface area contributed by atoms with E-state index in [0.29, 0.717) is 11.5 Å². The number of aromatic nitrogens is 1. The lowest BCUT2D eigenvalue weighted by molar-refractivity contribution is -0.140. The molecule has 0 bridgehead atoms. The highest BCUT2D eigenvalue weighted by Gasteiger charge is 2.46. The number of Topliss-reactive ketones (excluding diaryl/α,β-unsaturated/α-hetero) is 1. The summed E-state index contributed by atoms with van der Waals surface area (Å²) < 4.78 is 5.30. The van der Waals surface area contributed by atoms with Crippen LogP contribution in [0, 0.1) is 0 Å². The van der Waals surface area contributed by atoms with Gasteiger partial charge in [-0.05, 0) is 57.6 Å². The minimum Gasteiger partial charge on any atom is -0.507 e. The van der Waals surface area contributed by atoms with Crippen LogP contribution in [0.25, 0.3) is 16.5 Å². The van der Waals surface area contributed by atoms with E-state index in [0.717, 1.165) is 33.2 Å². The number of hydrogen-bond donors (Lipinski definition) is 1. The van der Waals surface area contributed by atoms with E-state index < -0.39 is 17.7 Å². The van der Waals surface area contributed by atoms with Crippen molar-refractivity contribution in [3.05, 3.63) is 113 Å². The Kier molecular flexibility index (Phi) is 6.49. The number of methoxy groups -OCH3 is 1. The number of ketones is 1. The molecule has 1 unspecified atom stereocenters. The van der Waals surface area contributed by atoms with Gasteiger partial charge in [-0.25, -0.2) is 0 Å². The molecule has 1 amide bonds. The molecule has 0 spiro atoms. The van der Waals surface area contributed by atoms with E-state index in [2.05, 4.69) is 18.8 Å². The smallest absolute Gasteiger partial charge is 0.295 e. The third-order valence-corrected chi connectivity index (χ3v) is 6.86. The quantitative estimate of drug-likeness (QED) is 0.203. The maximum atomic E-state index is 13.4. The Hall–Kier alpha value is -4.45. The zero-order valence-corrected chi connectivity index (χ0v) is 21.0. The van der Waals surface area contributed by atoms with Crippen molar-refractivity contribution in [2.24, 2.45) is 0 Å². The topological polar surface area (TPSA) is 79.7 Å². The second-order valence-corrected chi connectivity index (χ2v) is 9.54. The molecule has 1 saturated heterocycles. The molecule has 2 heterocycles. The Morgan fingerprint density at radius 3 is 2.41 bits per heavy atom. The fourth-order valence-corrected chi connectivity index (χ4v) is 4.79. The van der Waals surface area contributed by atoms with E-state index in [-0.39, 0.29) is 17.9 Å².